The second-order valence-corrected chi connectivity index (χ2v) is 8.88. The molecular weight excluding hydrogens is 360 g/mol. The quantitative estimate of drug-likeness (QED) is 0.695. The molecule has 0 heterocycles. The summed E-state index contributed by atoms with van der Waals surface area (Å²) >= 11 is 3.32. The average Bonchev–Trinajstić information content (AvgIpc) is 2.40. The number of rotatable bonds is 4. The van der Waals surface area contributed by atoms with E-state index in [4.69, 9.17) is 9.47 Å². The van der Waals surface area contributed by atoms with Crippen molar-refractivity contribution in [3.05, 3.63) is 33.8 Å². The van der Waals surface area contributed by atoms with E-state index in [-0.39, 0.29) is 35.2 Å². The van der Waals surface area contributed by atoms with Gasteiger partial charge < -0.3 is 9.47 Å². The van der Waals surface area contributed by atoms with Crippen LogP contribution in [0, 0.1) is 10.8 Å². The average molecular weight is 385 g/mol. The molecule has 0 spiro atoms. The Morgan fingerprint density at radius 3 is 1.74 bits per heavy atom. The van der Waals surface area contributed by atoms with E-state index in [1.54, 1.807) is 18.2 Å². The van der Waals surface area contributed by atoms with Crippen molar-refractivity contribution in [1.82, 2.24) is 0 Å². The number of hydrogen-bond donors (Lipinski definition) is 0. The highest BCUT2D eigenvalue weighted by Crippen LogP contribution is 2.22. The summed E-state index contributed by atoms with van der Waals surface area (Å²) in [6.45, 7) is 12.4. The lowest BCUT2D eigenvalue weighted by Gasteiger charge is -2.20. The highest BCUT2D eigenvalue weighted by atomic mass is 79.9. The fourth-order valence-corrected chi connectivity index (χ4v) is 1.94. The molecule has 0 aromatic heterocycles. The van der Waals surface area contributed by atoms with Crippen LogP contribution >= 0.6 is 15.9 Å². The molecule has 1 aromatic carbocycles. The van der Waals surface area contributed by atoms with Crippen LogP contribution in [0.5, 0.6) is 0 Å². The maximum absolute atomic E-state index is 12.3. The third-order valence-corrected chi connectivity index (χ3v) is 3.19. The SMILES string of the molecule is CC(C)(C)COC(=O)c1ccc(Br)cc1C(=O)OCC(C)(C)C. The number of benzene rings is 1. The van der Waals surface area contributed by atoms with Crippen LogP contribution in [0.25, 0.3) is 0 Å². The van der Waals surface area contributed by atoms with Gasteiger partial charge in [-0.3, -0.25) is 0 Å². The highest BCUT2D eigenvalue weighted by molar-refractivity contribution is 9.10. The number of esters is 2. The first-order valence-corrected chi connectivity index (χ1v) is 8.32. The van der Waals surface area contributed by atoms with Crippen LogP contribution in [-0.4, -0.2) is 25.2 Å². The Hall–Kier alpha value is -1.36. The Labute approximate surface area is 146 Å². The molecule has 0 amide bonds. The molecule has 4 nitrogen and oxygen atoms in total. The van der Waals surface area contributed by atoms with Gasteiger partial charge in [0.05, 0.1) is 24.3 Å². The second-order valence-electron chi connectivity index (χ2n) is 7.96. The third kappa shape index (κ3) is 7.16. The van der Waals surface area contributed by atoms with Crippen LogP contribution in [0.1, 0.15) is 62.3 Å². The molecule has 0 radical (unpaired) electrons. The molecule has 1 aromatic rings. The Morgan fingerprint density at radius 1 is 0.870 bits per heavy atom. The van der Waals surface area contributed by atoms with Crippen molar-refractivity contribution in [2.45, 2.75) is 41.5 Å². The van der Waals surface area contributed by atoms with Crippen LogP contribution in [0.4, 0.5) is 0 Å². The van der Waals surface area contributed by atoms with E-state index < -0.39 is 11.9 Å². The summed E-state index contributed by atoms with van der Waals surface area (Å²) in [4.78, 5) is 24.6. The fourth-order valence-electron chi connectivity index (χ4n) is 1.58. The summed E-state index contributed by atoms with van der Waals surface area (Å²) in [7, 11) is 0. The highest BCUT2D eigenvalue weighted by Gasteiger charge is 2.23. The van der Waals surface area contributed by atoms with Gasteiger partial charge in [-0.15, -0.1) is 0 Å². The van der Waals surface area contributed by atoms with Crippen LogP contribution in [0.2, 0.25) is 0 Å². The molecule has 5 heteroatoms. The van der Waals surface area contributed by atoms with E-state index in [0.717, 1.165) is 0 Å². The van der Waals surface area contributed by atoms with Crippen LogP contribution in [-0.2, 0) is 9.47 Å². The molecule has 23 heavy (non-hydrogen) atoms. The van der Waals surface area contributed by atoms with Gasteiger partial charge in [0.15, 0.2) is 0 Å². The Morgan fingerprint density at radius 2 is 1.30 bits per heavy atom. The number of hydrogen-bond acceptors (Lipinski definition) is 4. The van der Waals surface area contributed by atoms with Gasteiger partial charge in [0.1, 0.15) is 0 Å². The molecule has 0 aliphatic heterocycles. The lowest BCUT2D eigenvalue weighted by molar-refractivity contribution is 0.0322. The summed E-state index contributed by atoms with van der Waals surface area (Å²) in [5.41, 5.74) is 0.144. The van der Waals surface area contributed by atoms with Crippen molar-refractivity contribution in [2.75, 3.05) is 13.2 Å². The summed E-state index contributed by atoms with van der Waals surface area (Å²) in [5, 5.41) is 0. The van der Waals surface area contributed by atoms with E-state index in [2.05, 4.69) is 15.9 Å². The minimum atomic E-state index is -0.524. The fraction of sp³-hybridized carbons (Fsp3) is 0.556. The zero-order valence-electron chi connectivity index (χ0n) is 14.7. The van der Waals surface area contributed by atoms with Gasteiger partial charge in [-0.05, 0) is 29.0 Å². The van der Waals surface area contributed by atoms with Gasteiger partial charge in [-0.25, -0.2) is 9.59 Å². The minimum absolute atomic E-state index is 0.141. The molecule has 0 atom stereocenters. The molecule has 0 N–H and O–H groups in total. The van der Waals surface area contributed by atoms with E-state index >= 15 is 0 Å². The largest absolute Gasteiger partial charge is 0.462 e. The smallest absolute Gasteiger partial charge is 0.339 e. The summed E-state index contributed by atoms with van der Waals surface area (Å²) in [6.07, 6.45) is 0. The lowest BCUT2D eigenvalue weighted by Crippen LogP contribution is -2.22. The molecule has 0 saturated carbocycles. The second kappa shape index (κ2) is 7.47. The van der Waals surface area contributed by atoms with Crippen LogP contribution < -0.4 is 0 Å². The number of halogens is 1. The van der Waals surface area contributed by atoms with Crippen molar-refractivity contribution in [3.63, 3.8) is 0 Å². The summed E-state index contributed by atoms with van der Waals surface area (Å²) in [6, 6.07) is 4.86. The monoisotopic (exact) mass is 384 g/mol. The van der Waals surface area contributed by atoms with Gasteiger partial charge in [0.2, 0.25) is 0 Å². The lowest BCUT2D eigenvalue weighted by atomic mass is 9.98. The summed E-state index contributed by atoms with van der Waals surface area (Å²) < 4.78 is 11.3. The maximum atomic E-state index is 12.3. The van der Waals surface area contributed by atoms with E-state index in [1.165, 1.54) is 0 Å². The van der Waals surface area contributed by atoms with Gasteiger partial charge in [-0.2, -0.15) is 0 Å². The minimum Gasteiger partial charge on any atom is -0.462 e. The first-order valence-electron chi connectivity index (χ1n) is 7.53. The van der Waals surface area contributed by atoms with Gasteiger partial charge in [0, 0.05) is 4.47 Å². The van der Waals surface area contributed by atoms with Crippen molar-refractivity contribution < 1.29 is 19.1 Å². The zero-order valence-corrected chi connectivity index (χ0v) is 16.2. The number of carbonyl (C=O) groups is 2. The zero-order chi connectivity index (χ0) is 17.8. The summed E-state index contributed by atoms with van der Waals surface area (Å²) in [5.74, 6) is -1.04. The Kier molecular flexibility index (Phi) is 6.40. The molecule has 0 aliphatic rings. The molecule has 0 unspecified atom stereocenters. The van der Waals surface area contributed by atoms with E-state index in [0.29, 0.717) is 4.47 Å². The molecule has 0 saturated heterocycles. The molecule has 128 valence electrons. The normalized spacial score (nSPS) is 12.0. The first-order chi connectivity index (χ1) is 10.4. The molecule has 1 rings (SSSR count). The van der Waals surface area contributed by atoms with Crippen molar-refractivity contribution in [1.29, 1.82) is 0 Å². The van der Waals surface area contributed by atoms with E-state index in [1.807, 2.05) is 41.5 Å². The molecule has 0 fully saturated rings. The molecule has 0 aliphatic carbocycles. The predicted octanol–water partition coefficient (Wildman–Crippen LogP) is 4.85. The Balaban J connectivity index is 2.96. The van der Waals surface area contributed by atoms with Crippen molar-refractivity contribution >= 4 is 27.9 Å². The van der Waals surface area contributed by atoms with Crippen molar-refractivity contribution in [2.24, 2.45) is 10.8 Å². The third-order valence-electron chi connectivity index (χ3n) is 2.69. The van der Waals surface area contributed by atoms with Gasteiger partial charge in [-0.1, -0.05) is 57.5 Å². The maximum Gasteiger partial charge on any atom is 0.339 e. The van der Waals surface area contributed by atoms with Crippen LogP contribution in [0.15, 0.2) is 22.7 Å². The predicted molar refractivity (Wildman–Crippen MR) is 93.6 cm³/mol. The van der Waals surface area contributed by atoms with Gasteiger partial charge >= 0.3 is 11.9 Å². The number of carbonyl (C=O) groups excluding carboxylic acids is 2. The Bertz CT molecular complexity index is 580. The van der Waals surface area contributed by atoms with E-state index in [9.17, 15) is 9.59 Å². The molecular formula is C18H25BrO4. The van der Waals surface area contributed by atoms with Crippen molar-refractivity contribution in [3.8, 4) is 0 Å². The standard InChI is InChI=1S/C18H25BrO4/c1-17(2,3)10-22-15(20)13-8-7-12(19)9-14(13)16(21)23-11-18(4,5)6/h7-9H,10-11H2,1-6H3. The van der Waals surface area contributed by atoms with Crippen LogP contribution in [0.3, 0.4) is 0 Å². The molecule has 0 bridgehead atoms. The topological polar surface area (TPSA) is 52.6 Å². The number of ether oxygens (including phenoxy) is 2. The van der Waals surface area contributed by atoms with Gasteiger partial charge in [0.25, 0.3) is 0 Å². The first kappa shape index (κ1) is 19.7.